The number of nitrogens with two attached hydrogens (primary N) is 1. The van der Waals surface area contributed by atoms with Gasteiger partial charge in [0.15, 0.2) is 0 Å². The summed E-state index contributed by atoms with van der Waals surface area (Å²) in [5.74, 6) is -2.87. The number of hydrogen-bond acceptors (Lipinski definition) is 5. The first-order valence-corrected chi connectivity index (χ1v) is 11.1. The first-order chi connectivity index (χ1) is 15.7. The summed E-state index contributed by atoms with van der Waals surface area (Å²) in [6, 6.07) is 14.6. The maximum atomic E-state index is 13.0. The van der Waals surface area contributed by atoms with Crippen molar-refractivity contribution in [1.29, 1.82) is 0 Å². The lowest BCUT2D eigenvalue weighted by atomic mass is 9.75. The van der Waals surface area contributed by atoms with Crippen LogP contribution in [0.3, 0.4) is 0 Å². The third kappa shape index (κ3) is 6.00. The number of amides is 3. The lowest BCUT2D eigenvalue weighted by molar-refractivity contribution is -0.131. The van der Waals surface area contributed by atoms with Gasteiger partial charge in [0.05, 0.1) is 12.4 Å². The van der Waals surface area contributed by atoms with E-state index >= 15 is 0 Å². The summed E-state index contributed by atoms with van der Waals surface area (Å²) in [4.78, 5) is 37.3. The van der Waals surface area contributed by atoms with Gasteiger partial charge in [0.2, 0.25) is 17.7 Å². The number of nitrogens with one attached hydrogen (secondary N) is 2. The van der Waals surface area contributed by atoms with E-state index in [4.69, 9.17) is 5.73 Å². The highest BCUT2D eigenvalue weighted by atomic mass is 16.4. The van der Waals surface area contributed by atoms with Gasteiger partial charge in [-0.3, -0.25) is 14.4 Å². The van der Waals surface area contributed by atoms with Crippen LogP contribution in [0.25, 0.3) is 11.1 Å². The molecule has 3 amide bonds. The fraction of sp³-hybridized carbons (Fsp3) is 0.375. The molecule has 174 valence electrons. The van der Waals surface area contributed by atoms with Crippen LogP contribution in [-0.2, 0) is 14.4 Å². The molecule has 6 N–H and O–H groups in total. The van der Waals surface area contributed by atoms with Crippen molar-refractivity contribution in [1.82, 2.24) is 10.6 Å². The molecule has 1 aliphatic carbocycles. The molecule has 1 aliphatic rings. The van der Waals surface area contributed by atoms with Crippen molar-refractivity contribution in [3.8, 4) is 11.1 Å². The standard InChI is InChI=1S/C24H30BN3O5/c1-14(2)11-21(25(32)33)28-24(31)20(13-22(26)29)27-23(30)12-19-17-9-5-3-7-15(17)16-8-4-6-10-18(16)19/h3-10,14,19-21,32-33H,11-13H2,1-2H3,(H2,26,29)(H,27,30)(H,28,31)/t20-,21-/m0/s1. The summed E-state index contributed by atoms with van der Waals surface area (Å²) in [5, 5.41) is 24.3. The molecular weight excluding hydrogens is 421 g/mol. The van der Waals surface area contributed by atoms with Crippen LogP contribution in [0, 0.1) is 5.92 Å². The predicted octanol–water partition coefficient (Wildman–Crippen LogP) is 1.09. The van der Waals surface area contributed by atoms with Crippen molar-refractivity contribution < 1.29 is 24.4 Å². The molecule has 0 aromatic heterocycles. The normalized spacial score (nSPS) is 14.2. The van der Waals surface area contributed by atoms with Gasteiger partial charge in [-0.15, -0.1) is 0 Å². The lowest BCUT2D eigenvalue weighted by Gasteiger charge is -2.24. The van der Waals surface area contributed by atoms with Crippen LogP contribution in [0.15, 0.2) is 48.5 Å². The van der Waals surface area contributed by atoms with E-state index in [1.165, 1.54) is 0 Å². The van der Waals surface area contributed by atoms with Crippen molar-refractivity contribution in [2.75, 3.05) is 0 Å². The second-order valence-electron chi connectivity index (χ2n) is 8.88. The van der Waals surface area contributed by atoms with Crippen molar-refractivity contribution in [2.45, 2.75) is 51.0 Å². The maximum Gasteiger partial charge on any atom is 0.475 e. The average Bonchev–Trinajstić information content (AvgIpc) is 3.06. The number of benzene rings is 2. The summed E-state index contributed by atoms with van der Waals surface area (Å²) in [7, 11) is -1.77. The Balaban J connectivity index is 1.74. The molecule has 0 saturated heterocycles. The molecule has 9 heteroatoms. The molecule has 0 heterocycles. The molecule has 2 aromatic carbocycles. The van der Waals surface area contributed by atoms with Crippen molar-refractivity contribution >= 4 is 24.8 Å². The number of primary amides is 1. The fourth-order valence-electron chi connectivity index (χ4n) is 4.38. The van der Waals surface area contributed by atoms with E-state index in [2.05, 4.69) is 10.6 Å². The molecule has 0 unspecified atom stereocenters. The largest absolute Gasteiger partial charge is 0.475 e. The van der Waals surface area contributed by atoms with Gasteiger partial charge in [0, 0.05) is 12.3 Å². The zero-order valence-corrected chi connectivity index (χ0v) is 18.8. The van der Waals surface area contributed by atoms with Crippen LogP contribution < -0.4 is 16.4 Å². The molecule has 0 fully saturated rings. The third-order valence-electron chi connectivity index (χ3n) is 5.82. The molecule has 0 spiro atoms. The van der Waals surface area contributed by atoms with Crippen molar-refractivity contribution in [2.24, 2.45) is 11.7 Å². The van der Waals surface area contributed by atoms with E-state index in [0.29, 0.717) is 6.42 Å². The summed E-state index contributed by atoms with van der Waals surface area (Å²) < 4.78 is 0. The molecule has 33 heavy (non-hydrogen) atoms. The molecule has 0 radical (unpaired) electrons. The fourth-order valence-corrected chi connectivity index (χ4v) is 4.38. The Bertz CT molecular complexity index is 981. The van der Waals surface area contributed by atoms with E-state index < -0.39 is 43.2 Å². The van der Waals surface area contributed by atoms with E-state index in [1.54, 1.807) is 0 Å². The molecule has 0 aliphatic heterocycles. The topological polar surface area (TPSA) is 142 Å². The minimum absolute atomic E-state index is 0.0868. The van der Waals surface area contributed by atoms with Gasteiger partial charge in [-0.05, 0) is 34.6 Å². The summed E-state index contributed by atoms with van der Waals surface area (Å²) in [6.07, 6.45) is 0.0102. The average molecular weight is 451 g/mol. The van der Waals surface area contributed by atoms with Gasteiger partial charge >= 0.3 is 7.12 Å². The predicted molar refractivity (Wildman–Crippen MR) is 126 cm³/mol. The van der Waals surface area contributed by atoms with Crippen LogP contribution in [-0.4, -0.2) is 46.9 Å². The highest BCUT2D eigenvalue weighted by molar-refractivity contribution is 6.43. The Morgan fingerprint density at radius 3 is 2.00 bits per heavy atom. The number of carbonyl (C=O) groups is 3. The highest BCUT2D eigenvalue weighted by Crippen LogP contribution is 2.45. The molecule has 2 aromatic rings. The lowest BCUT2D eigenvalue weighted by Crippen LogP contribution is -2.55. The van der Waals surface area contributed by atoms with E-state index in [0.717, 1.165) is 22.3 Å². The SMILES string of the molecule is CC(C)C[C@H](NC(=O)[C@H](CC(N)=O)NC(=O)CC1c2ccccc2-c2ccccc21)B(O)O. The Kier molecular flexibility index (Phi) is 7.89. The molecule has 0 bridgehead atoms. The zero-order chi connectivity index (χ0) is 24.1. The number of rotatable bonds is 10. The van der Waals surface area contributed by atoms with Gasteiger partial charge in [0.1, 0.15) is 6.04 Å². The quantitative estimate of drug-likeness (QED) is 0.344. The minimum atomic E-state index is -1.77. The molecule has 2 atom stereocenters. The molecular formula is C24H30BN3O5. The zero-order valence-electron chi connectivity index (χ0n) is 18.8. The Labute approximate surface area is 193 Å². The molecule has 0 saturated carbocycles. The first-order valence-electron chi connectivity index (χ1n) is 11.1. The summed E-state index contributed by atoms with van der Waals surface area (Å²) in [6.45, 7) is 3.75. The van der Waals surface area contributed by atoms with Crippen LogP contribution in [0.5, 0.6) is 0 Å². The number of carbonyl (C=O) groups excluding carboxylic acids is 3. The Morgan fingerprint density at radius 2 is 1.52 bits per heavy atom. The van der Waals surface area contributed by atoms with E-state index in [-0.39, 0.29) is 18.3 Å². The molecule has 8 nitrogen and oxygen atoms in total. The van der Waals surface area contributed by atoms with E-state index in [9.17, 15) is 24.4 Å². The number of fused-ring (bicyclic) bond motifs is 3. The van der Waals surface area contributed by atoms with Crippen molar-refractivity contribution in [3.05, 3.63) is 59.7 Å². The Morgan fingerprint density at radius 1 is 0.970 bits per heavy atom. The van der Waals surface area contributed by atoms with Crippen molar-refractivity contribution in [3.63, 3.8) is 0 Å². The molecule has 3 rings (SSSR count). The summed E-state index contributed by atoms with van der Waals surface area (Å²) >= 11 is 0. The van der Waals surface area contributed by atoms with Gasteiger partial charge in [0.25, 0.3) is 0 Å². The van der Waals surface area contributed by atoms with Crippen LogP contribution in [0.2, 0.25) is 0 Å². The summed E-state index contributed by atoms with van der Waals surface area (Å²) in [5.41, 5.74) is 9.51. The third-order valence-corrected chi connectivity index (χ3v) is 5.82. The smallest absolute Gasteiger partial charge is 0.426 e. The van der Waals surface area contributed by atoms with Gasteiger partial charge in [-0.1, -0.05) is 62.4 Å². The second-order valence-corrected chi connectivity index (χ2v) is 8.88. The van der Waals surface area contributed by atoms with Crippen LogP contribution in [0.4, 0.5) is 0 Å². The van der Waals surface area contributed by atoms with E-state index in [1.807, 2.05) is 62.4 Å². The monoisotopic (exact) mass is 451 g/mol. The highest BCUT2D eigenvalue weighted by Gasteiger charge is 2.33. The van der Waals surface area contributed by atoms with Crippen LogP contribution in [0.1, 0.15) is 50.2 Å². The Hall–Kier alpha value is -3.17. The number of hydrogen-bond donors (Lipinski definition) is 5. The second kappa shape index (κ2) is 10.6. The maximum absolute atomic E-state index is 13.0. The minimum Gasteiger partial charge on any atom is -0.426 e. The van der Waals surface area contributed by atoms with Gasteiger partial charge in [-0.2, -0.15) is 0 Å². The van der Waals surface area contributed by atoms with Crippen LogP contribution >= 0.6 is 0 Å². The van der Waals surface area contributed by atoms with Gasteiger partial charge < -0.3 is 26.4 Å². The first kappa shape index (κ1) is 24.5. The van der Waals surface area contributed by atoms with Gasteiger partial charge in [-0.25, -0.2) is 0 Å².